The number of quaternary nitrogens is 1. The Morgan fingerprint density at radius 1 is 1.07 bits per heavy atom. The number of ether oxygens (including phenoxy) is 3. The van der Waals surface area contributed by atoms with E-state index < -0.39 is 48.3 Å². The van der Waals surface area contributed by atoms with Gasteiger partial charge in [0.1, 0.15) is 18.8 Å². The van der Waals surface area contributed by atoms with Gasteiger partial charge in [0.25, 0.3) is 0 Å². The molecule has 0 aromatic rings. The van der Waals surface area contributed by atoms with Gasteiger partial charge in [0.2, 0.25) is 0 Å². The number of likely N-dealkylation sites (N-methyl/N-ethyl adjacent to an activating group) is 1. The van der Waals surface area contributed by atoms with Gasteiger partial charge in [0.05, 0.1) is 57.8 Å². The van der Waals surface area contributed by atoms with Crippen molar-refractivity contribution in [1.82, 2.24) is 0 Å². The van der Waals surface area contributed by atoms with Crippen LogP contribution in [0.3, 0.4) is 0 Å². The SMILES string of the molecule is CCC(C)OC1OC(C(C)O)C(C(O)(CC)CC)C(O)C1OCC(O)C[N+](C)(C)C. The fourth-order valence-corrected chi connectivity index (χ4v) is 4.15. The molecule has 8 unspecified atom stereocenters. The van der Waals surface area contributed by atoms with Crippen molar-refractivity contribution in [1.29, 1.82) is 0 Å². The summed E-state index contributed by atoms with van der Waals surface area (Å²) in [5.74, 6) is -0.759. The first-order valence-corrected chi connectivity index (χ1v) is 11.3. The van der Waals surface area contributed by atoms with E-state index in [0.717, 1.165) is 6.42 Å². The van der Waals surface area contributed by atoms with Crippen LogP contribution in [0.2, 0.25) is 0 Å². The first kappa shape index (κ1) is 27.7. The summed E-state index contributed by atoms with van der Waals surface area (Å²) in [4.78, 5) is 0. The summed E-state index contributed by atoms with van der Waals surface area (Å²) in [6.45, 7) is 9.64. The van der Waals surface area contributed by atoms with Gasteiger partial charge in [-0.2, -0.15) is 0 Å². The van der Waals surface area contributed by atoms with Crippen molar-refractivity contribution in [2.75, 3.05) is 34.3 Å². The Balaban J connectivity index is 3.16. The molecule has 0 aromatic heterocycles. The highest BCUT2D eigenvalue weighted by atomic mass is 16.7. The molecule has 1 heterocycles. The molecule has 180 valence electrons. The predicted molar refractivity (Wildman–Crippen MR) is 115 cm³/mol. The minimum Gasteiger partial charge on any atom is -0.391 e. The molecule has 8 atom stereocenters. The Hall–Kier alpha value is -0.320. The highest BCUT2D eigenvalue weighted by Crippen LogP contribution is 2.40. The number of aliphatic hydroxyl groups is 4. The topological polar surface area (TPSA) is 109 Å². The van der Waals surface area contributed by atoms with Crippen molar-refractivity contribution < 1.29 is 39.1 Å². The van der Waals surface area contributed by atoms with Gasteiger partial charge in [-0.25, -0.2) is 0 Å². The molecule has 0 amide bonds. The predicted octanol–water partition coefficient (Wildman–Crippen LogP) is 0.888. The molecule has 30 heavy (non-hydrogen) atoms. The normalized spacial score (nSPS) is 31.4. The Morgan fingerprint density at radius 2 is 1.63 bits per heavy atom. The first-order valence-electron chi connectivity index (χ1n) is 11.3. The highest BCUT2D eigenvalue weighted by Gasteiger charge is 2.55. The summed E-state index contributed by atoms with van der Waals surface area (Å²) >= 11 is 0. The van der Waals surface area contributed by atoms with Gasteiger partial charge in [-0.05, 0) is 33.1 Å². The molecule has 1 aliphatic heterocycles. The van der Waals surface area contributed by atoms with Crippen molar-refractivity contribution in [3.05, 3.63) is 0 Å². The van der Waals surface area contributed by atoms with Crippen LogP contribution in [0.15, 0.2) is 0 Å². The van der Waals surface area contributed by atoms with Crippen LogP contribution in [0, 0.1) is 5.92 Å². The number of hydrogen-bond donors (Lipinski definition) is 4. The summed E-state index contributed by atoms with van der Waals surface area (Å²) in [6, 6.07) is 0. The standard InChI is InChI=1S/C22H46NO7/c1-9-14(4)29-21-20(28-13-16(25)12-23(6,7)8)18(26)17(19(30-21)15(5)24)22(27,10-2)11-3/h14-21,24-27H,9-13H2,1-8H3/q+1. The molecule has 0 bridgehead atoms. The maximum Gasteiger partial charge on any atom is 0.187 e. The van der Waals surface area contributed by atoms with Crippen molar-refractivity contribution in [2.45, 2.75) is 102 Å². The first-order chi connectivity index (χ1) is 13.8. The van der Waals surface area contributed by atoms with E-state index in [4.69, 9.17) is 14.2 Å². The van der Waals surface area contributed by atoms with Crippen LogP contribution in [0.1, 0.15) is 53.9 Å². The maximum atomic E-state index is 11.3. The van der Waals surface area contributed by atoms with Crippen LogP contribution in [-0.4, -0.2) is 108 Å². The summed E-state index contributed by atoms with van der Waals surface area (Å²) < 4.78 is 18.6. The van der Waals surface area contributed by atoms with Gasteiger partial charge in [-0.3, -0.25) is 0 Å². The summed E-state index contributed by atoms with van der Waals surface area (Å²) in [5.41, 5.74) is -1.23. The van der Waals surface area contributed by atoms with Crippen molar-refractivity contribution in [3.63, 3.8) is 0 Å². The molecule has 1 fully saturated rings. The lowest BCUT2D eigenvalue weighted by atomic mass is 9.72. The minimum atomic E-state index is -1.23. The molecule has 0 spiro atoms. The lowest BCUT2D eigenvalue weighted by Gasteiger charge is -2.51. The van der Waals surface area contributed by atoms with E-state index in [2.05, 4.69) is 0 Å². The minimum absolute atomic E-state index is 0.00369. The van der Waals surface area contributed by atoms with E-state index in [0.29, 0.717) is 23.9 Å². The second-order valence-electron chi connectivity index (χ2n) is 9.82. The lowest BCUT2D eigenvalue weighted by molar-refractivity contribution is -0.873. The molecular weight excluding hydrogens is 390 g/mol. The molecule has 0 saturated carbocycles. The zero-order valence-electron chi connectivity index (χ0n) is 20.1. The van der Waals surface area contributed by atoms with Crippen LogP contribution in [0.25, 0.3) is 0 Å². The molecule has 0 aliphatic carbocycles. The average molecular weight is 437 g/mol. The molecule has 4 N–H and O–H groups in total. The Labute approximate surface area is 182 Å². The molecule has 8 nitrogen and oxygen atoms in total. The van der Waals surface area contributed by atoms with Crippen LogP contribution in [0.4, 0.5) is 0 Å². The van der Waals surface area contributed by atoms with Gasteiger partial charge in [0, 0.05) is 5.92 Å². The van der Waals surface area contributed by atoms with Crippen LogP contribution < -0.4 is 0 Å². The second kappa shape index (κ2) is 11.5. The summed E-state index contributed by atoms with van der Waals surface area (Å²) in [6.07, 6.45) is -4.02. The van der Waals surface area contributed by atoms with Crippen LogP contribution in [-0.2, 0) is 14.2 Å². The van der Waals surface area contributed by atoms with E-state index in [1.165, 1.54) is 0 Å². The fraction of sp³-hybridized carbons (Fsp3) is 1.00. The van der Waals surface area contributed by atoms with Crippen molar-refractivity contribution in [2.24, 2.45) is 5.92 Å². The number of nitrogens with zero attached hydrogens (tertiary/aromatic N) is 1. The summed E-state index contributed by atoms with van der Waals surface area (Å²) in [7, 11) is 5.92. The second-order valence-corrected chi connectivity index (χ2v) is 9.82. The number of rotatable bonds is 12. The van der Waals surface area contributed by atoms with E-state index in [1.54, 1.807) is 6.92 Å². The van der Waals surface area contributed by atoms with Gasteiger partial charge in [0.15, 0.2) is 6.29 Å². The zero-order valence-corrected chi connectivity index (χ0v) is 20.1. The van der Waals surface area contributed by atoms with E-state index in [9.17, 15) is 20.4 Å². The molecule has 1 aliphatic rings. The molecular formula is C22H46NO7+. The molecule has 0 radical (unpaired) electrons. The smallest absolute Gasteiger partial charge is 0.187 e. The molecule has 1 saturated heterocycles. The van der Waals surface area contributed by atoms with Crippen molar-refractivity contribution >= 4 is 0 Å². The van der Waals surface area contributed by atoms with E-state index in [-0.39, 0.29) is 12.7 Å². The maximum absolute atomic E-state index is 11.3. The molecule has 8 heteroatoms. The number of hydrogen-bond acceptors (Lipinski definition) is 7. The largest absolute Gasteiger partial charge is 0.391 e. The molecule has 0 aromatic carbocycles. The monoisotopic (exact) mass is 436 g/mol. The average Bonchev–Trinajstić information content (AvgIpc) is 2.64. The molecule has 1 rings (SSSR count). The Bertz CT molecular complexity index is 492. The van der Waals surface area contributed by atoms with E-state index >= 15 is 0 Å². The Kier molecular flexibility index (Phi) is 10.6. The zero-order chi connectivity index (χ0) is 23.3. The van der Waals surface area contributed by atoms with Gasteiger partial charge >= 0.3 is 0 Å². The van der Waals surface area contributed by atoms with Crippen LogP contribution >= 0.6 is 0 Å². The lowest BCUT2D eigenvalue weighted by Crippen LogP contribution is -2.65. The number of aliphatic hydroxyl groups excluding tert-OH is 3. The summed E-state index contributed by atoms with van der Waals surface area (Å²) in [5, 5.41) is 43.3. The third-order valence-corrected chi connectivity index (χ3v) is 6.12. The van der Waals surface area contributed by atoms with Crippen molar-refractivity contribution in [3.8, 4) is 0 Å². The highest BCUT2D eigenvalue weighted by molar-refractivity contribution is 5.01. The van der Waals surface area contributed by atoms with Gasteiger partial charge in [-0.1, -0.05) is 20.8 Å². The van der Waals surface area contributed by atoms with E-state index in [1.807, 2.05) is 48.8 Å². The van der Waals surface area contributed by atoms with Gasteiger partial charge < -0.3 is 39.1 Å². The van der Waals surface area contributed by atoms with Gasteiger partial charge in [-0.15, -0.1) is 0 Å². The quantitative estimate of drug-likeness (QED) is 0.337. The third kappa shape index (κ3) is 7.38. The Morgan fingerprint density at radius 3 is 2.07 bits per heavy atom. The van der Waals surface area contributed by atoms with Crippen LogP contribution in [0.5, 0.6) is 0 Å². The fourth-order valence-electron chi connectivity index (χ4n) is 4.15. The third-order valence-electron chi connectivity index (χ3n) is 6.12.